The van der Waals surface area contributed by atoms with Crippen LogP contribution in [0.5, 0.6) is 11.5 Å². The number of hydrazone groups is 1. The molecule has 31 heavy (non-hydrogen) atoms. The number of nitrogens with zero attached hydrogens (tertiary/aromatic N) is 1. The van der Waals surface area contributed by atoms with Crippen molar-refractivity contribution in [2.45, 2.75) is 26.9 Å². The number of hydrogen-bond donors (Lipinski definition) is 1. The summed E-state index contributed by atoms with van der Waals surface area (Å²) in [6, 6.07) is 19.0. The van der Waals surface area contributed by atoms with Gasteiger partial charge in [-0.05, 0) is 66.4 Å². The third kappa shape index (κ3) is 6.33. The number of carbonyl (C=O) groups excluding carboxylic acids is 1. The Morgan fingerprint density at radius 2 is 1.77 bits per heavy atom. The third-order valence-corrected chi connectivity index (χ3v) is 5.32. The predicted molar refractivity (Wildman–Crippen MR) is 124 cm³/mol. The molecule has 3 aromatic carbocycles. The highest BCUT2D eigenvalue weighted by atomic mass is 35.5. The summed E-state index contributed by atoms with van der Waals surface area (Å²) < 4.78 is 11.4. The molecule has 3 aromatic rings. The molecule has 0 spiro atoms. The summed E-state index contributed by atoms with van der Waals surface area (Å²) in [4.78, 5) is 12.0. The van der Waals surface area contributed by atoms with E-state index in [1.807, 2.05) is 74.5 Å². The van der Waals surface area contributed by atoms with Crippen LogP contribution in [0.15, 0.2) is 65.8 Å². The molecule has 0 radical (unpaired) electrons. The molecule has 0 atom stereocenters. The minimum Gasteiger partial charge on any atom is -0.496 e. The maximum atomic E-state index is 12.0. The highest BCUT2D eigenvalue weighted by molar-refractivity contribution is 6.32. The van der Waals surface area contributed by atoms with E-state index in [1.54, 1.807) is 13.3 Å². The molecule has 0 aromatic heterocycles. The van der Waals surface area contributed by atoms with E-state index in [1.165, 1.54) is 0 Å². The molecule has 0 saturated carbocycles. The highest BCUT2D eigenvalue weighted by Crippen LogP contribution is 2.27. The van der Waals surface area contributed by atoms with Gasteiger partial charge in [-0.3, -0.25) is 4.79 Å². The first-order valence-corrected chi connectivity index (χ1v) is 10.3. The van der Waals surface area contributed by atoms with Crippen LogP contribution in [0.1, 0.15) is 27.8 Å². The van der Waals surface area contributed by atoms with Crippen molar-refractivity contribution in [2.24, 2.45) is 5.10 Å². The predicted octanol–water partition coefficient (Wildman–Crippen LogP) is 5.24. The van der Waals surface area contributed by atoms with E-state index in [2.05, 4.69) is 10.5 Å². The van der Waals surface area contributed by atoms with Crippen LogP contribution in [0.4, 0.5) is 0 Å². The van der Waals surface area contributed by atoms with Gasteiger partial charge in [-0.1, -0.05) is 41.9 Å². The van der Waals surface area contributed by atoms with Gasteiger partial charge in [-0.25, -0.2) is 5.43 Å². The Morgan fingerprint density at radius 1 is 1.06 bits per heavy atom. The third-order valence-electron chi connectivity index (χ3n) is 4.72. The zero-order chi connectivity index (χ0) is 22.2. The number of benzene rings is 3. The molecule has 0 unspecified atom stereocenters. The number of nitrogens with one attached hydrogen (secondary N) is 1. The molecule has 160 valence electrons. The standard InChI is InChI=1S/C25H25ClN2O3/c1-17-11-22(12-18(2)25(17)26)31-16-21-13-20(9-10-23(21)30-3)15-27-28-24(29)14-19-7-5-4-6-8-19/h4-13,15H,14,16H2,1-3H3,(H,28,29)/b27-15-. The number of halogens is 1. The molecule has 0 heterocycles. The molecular weight excluding hydrogens is 412 g/mol. The van der Waals surface area contributed by atoms with Crippen molar-refractivity contribution >= 4 is 23.7 Å². The highest BCUT2D eigenvalue weighted by Gasteiger charge is 2.08. The second-order valence-corrected chi connectivity index (χ2v) is 7.56. The topological polar surface area (TPSA) is 59.9 Å². The summed E-state index contributed by atoms with van der Waals surface area (Å²) in [5.41, 5.74) is 7.12. The van der Waals surface area contributed by atoms with E-state index in [9.17, 15) is 4.79 Å². The van der Waals surface area contributed by atoms with Gasteiger partial charge in [0, 0.05) is 10.6 Å². The monoisotopic (exact) mass is 436 g/mol. The van der Waals surface area contributed by atoms with Crippen molar-refractivity contribution in [1.29, 1.82) is 0 Å². The van der Waals surface area contributed by atoms with Crippen molar-refractivity contribution in [3.63, 3.8) is 0 Å². The summed E-state index contributed by atoms with van der Waals surface area (Å²) >= 11 is 6.23. The SMILES string of the molecule is COc1ccc(/C=N\NC(=O)Cc2ccccc2)cc1COc1cc(C)c(Cl)c(C)c1. The Balaban J connectivity index is 1.64. The molecule has 0 aliphatic rings. The van der Waals surface area contributed by atoms with Crippen LogP contribution < -0.4 is 14.9 Å². The van der Waals surface area contributed by atoms with Gasteiger partial charge in [0.15, 0.2) is 0 Å². The number of rotatable bonds is 8. The maximum Gasteiger partial charge on any atom is 0.244 e. The average molecular weight is 437 g/mol. The zero-order valence-corrected chi connectivity index (χ0v) is 18.6. The van der Waals surface area contributed by atoms with Gasteiger partial charge in [0.1, 0.15) is 18.1 Å². The zero-order valence-electron chi connectivity index (χ0n) is 17.8. The second-order valence-electron chi connectivity index (χ2n) is 7.19. The number of hydrogen-bond acceptors (Lipinski definition) is 4. The summed E-state index contributed by atoms with van der Waals surface area (Å²) in [6.07, 6.45) is 1.88. The first-order chi connectivity index (χ1) is 15.0. The van der Waals surface area contributed by atoms with Crippen molar-refractivity contribution in [3.05, 3.63) is 93.5 Å². The minimum absolute atomic E-state index is 0.173. The molecule has 1 N–H and O–H groups in total. The van der Waals surface area contributed by atoms with Crippen LogP contribution in [0.2, 0.25) is 5.02 Å². The van der Waals surface area contributed by atoms with Gasteiger partial charge in [0.05, 0.1) is 19.7 Å². The lowest BCUT2D eigenvalue weighted by molar-refractivity contribution is -0.120. The molecule has 0 aliphatic heterocycles. The first-order valence-electron chi connectivity index (χ1n) is 9.88. The van der Waals surface area contributed by atoms with Crippen LogP contribution in [-0.4, -0.2) is 19.2 Å². The lowest BCUT2D eigenvalue weighted by Gasteiger charge is -2.13. The van der Waals surface area contributed by atoms with E-state index in [0.29, 0.717) is 12.4 Å². The van der Waals surface area contributed by atoms with Crippen LogP contribution in [-0.2, 0) is 17.8 Å². The Morgan fingerprint density at radius 3 is 2.45 bits per heavy atom. The Bertz CT molecular complexity index is 1060. The summed E-state index contributed by atoms with van der Waals surface area (Å²) in [6.45, 7) is 4.23. The second kappa shape index (κ2) is 10.6. The summed E-state index contributed by atoms with van der Waals surface area (Å²) in [5, 5.41) is 4.81. The Labute approximate surface area is 187 Å². The first kappa shape index (κ1) is 22.4. The lowest BCUT2D eigenvalue weighted by atomic mass is 10.1. The molecule has 6 heteroatoms. The van der Waals surface area contributed by atoms with Gasteiger partial charge < -0.3 is 9.47 Å². The van der Waals surface area contributed by atoms with Gasteiger partial charge in [0.2, 0.25) is 5.91 Å². The number of methoxy groups -OCH3 is 1. The van der Waals surface area contributed by atoms with Crippen molar-refractivity contribution in [3.8, 4) is 11.5 Å². The molecule has 0 fully saturated rings. The number of aryl methyl sites for hydroxylation is 2. The van der Waals surface area contributed by atoms with E-state index in [4.69, 9.17) is 21.1 Å². The largest absolute Gasteiger partial charge is 0.496 e. The molecule has 0 aliphatic carbocycles. The fourth-order valence-corrected chi connectivity index (χ4v) is 3.25. The smallest absolute Gasteiger partial charge is 0.244 e. The van der Waals surface area contributed by atoms with Gasteiger partial charge in [0.25, 0.3) is 0 Å². The van der Waals surface area contributed by atoms with E-state index in [-0.39, 0.29) is 12.3 Å². The van der Waals surface area contributed by atoms with Crippen LogP contribution in [0.25, 0.3) is 0 Å². The normalized spacial score (nSPS) is 10.8. The number of ether oxygens (including phenoxy) is 2. The maximum absolute atomic E-state index is 12.0. The molecule has 5 nitrogen and oxygen atoms in total. The summed E-state index contributed by atoms with van der Waals surface area (Å²) in [7, 11) is 1.62. The lowest BCUT2D eigenvalue weighted by Crippen LogP contribution is -2.19. The molecule has 0 bridgehead atoms. The minimum atomic E-state index is -0.173. The van der Waals surface area contributed by atoms with Crippen LogP contribution >= 0.6 is 11.6 Å². The Hall–Kier alpha value is -3.31. The summed E-state index contributed by atoms with van der Waals surface area (Å²) in [5.74, 6) is 1.29. The average Bonchev–Trinajstić information content (AvgIpc) is 2.76. The van der Waals surface area contributed by atoms with E-state index in [0.717, 1.165) is 38.6 Å². The van der Waals surface area contributed by atoms with Crippen molar-refractivity contribution < 1.29 is 14.3 Å². The van der Waals surface area contributed by atoms with Crippen LogP contribution in [0, 0.1) is 13.8 Å². The fraction of sp³-hybridized carbons (Fsp3) is 0.200. The van der Waals surface area contributed by atoms with E-state index < -0.39 is 0 Å². The molecule has 0 saturated heterocycles. The van der Waals surface area contributed by atoms with Crippen molar-refractivity contribution in [1.82, 2.24) is 5.43 Å². The molecule has 1 amide bonds. The van der Waals surface area contributed by atoms with Crippen LogP contribution in [0.3, 0.4) is 0 Å². The van der Waals surface area contributed by atoms with E-state index >= 15 is 0 Å². The molecule has 3 rings (SSSR count). The number of amides is 1. The molecular formula is C25H25ClN2O3. The van der Waals surface area contributed by atoms with Gasteiger partial charge in [-0.15, -0.1) is 0 Å². The fourth-order valence-electron chi connectivity index (χ4n) is 3.14. The quantitative estimate of drug-likeness (QED) is 0.388. The number of carbonyl (C=O) groups is 1. The van der Waals surface area contributed by atoms with Gasteiger partial charge >= 0.3 is 0 Å². The van der Waals surface area contributed by atoms with Gasteiger partial charge in [-0.2, -0.15) is 5.10 Å². The van der Waals surface area contributed by atoms with Crippen molar-refractivity contribution in [2.75, 3.05) is 7.11 Å². The Kier molecular flexibility index (Phi) is 7.68.